The lowest BCUT2D eigenvalue weighted by molar-refractivity contribution is -0.192. The van der Waals surface area contributed by atoms with Gasteiger partial charge in [0.2, 0.25) is 5.91 Å². The fraction of sp³-hybridized carbons (Fsp3) is 0.400. The Bertz CT molecular complexity index is 1160. The lowest BCUT2D eigenvalue weighted by Gasteiger charge is -2.46. The average molecular weight is 524 g/mol. The van der Waals surface area contributed by atoms with Gasteiger partial charge in [0.05, 0.1) is 12.1 Å². The molecule has 1 aromatic heterocycles. The maximum absolute atomic E-state index is 13.6. The first kappa shape index (κ1) is 26.1. The fourth-order valence-electron chi connectivity index (χ4n) is 3.84. The number of hydrogen-bond donors (Lipinski definition) is 1. The van der Waals surface area contributed by atoms with Gasteiger partial charge < -0.3 is 10.0 Å². The second kappa shape index (κ2) is 9.60. The first-order chi connectivity index (χ1) is 15.8. The van der Waals surface area contributed by atoms with E-state index >= 15 is 0 Å². The van der Waals surface area contributed by atoms with Crippen molar-refractivity contribution in [2.24, 2.45) is 0 Å². The standard InChI is InChI=1S/C18H20FN3O3S2.C2HF3O2/c1-20-11-16(23)22(15-5-2-4-14(19)10-15)13-18(20)7-8-21(12-18)27(24,25)17-6-3-9-26-17;3-2(4,5)1(6)7/h2-6,9-10H,7-8,11-13H2,1H3;(H,6,7). The van der Waals surface area contributed by atoms with Crippen LogP contribution in [-0.2, 0) is 19.6 Å². The molecule has 2 aliphatic rings. The molecule has 0 aliphatic carbocycles. The monoisotopic (exact) mass is 523 g/mol. The van der Waals surface area contributed by atoms with Crippen LogP contribution >= 0.6 is 11.3 Å². The minimum absolute atomic E-state index is 0.117. The van der Waals surface area contributed by atoms with Crippen molar-refractivity contribution in [2.75, 3.05) is 38.1 Å². The summed E-state index contributed by atoms with van der Waals surface area (Å²) in [6.07, 6.45) is -4.47. The summed E-state index contributed by atoms with van der Waals surface area (Å²) in [5.41, 5.74) is 0.0249. The van der Waals surface area contributed by atoms with Gasteiger partial charge in [-0.2, -0.15) is 17.5 Å². The van der Waals surface area contributed by atoms with Crippen molar-refractivity contribution in [2.45, 2.75) is 22.3 Å². The molecule has 2 aromatic rings. The van der Waals surface area contributed by atoms with Gasteiger partial charge in [0.15, 0.2) is 0 Å². The molecule has 1 spiro atoms. The van der Waals surface area contributed by atoms with Gasteiger partial charge in [0.25, 0.3) is 10.0 Å². The molecule has 14 heteroatoms. The van der Waals surface area contributed by atoms with Crippen LogP contribution in [-0.4, -0.2) is 79.5 Å². The van der Waals surface area contributed by atoms with Gasteiger partial charge in [-0.25, -0.2) is 17.6 Å². The number of nitrogens with zero attached hydrogens (tertiary/aromatic N) is 3. The highest BCUT2D eigenvalue weighted by Crippen LogP contribution is 2.36. The van der Waals surface area contributed by atoms with E-state index in [1.54, 1.807) is 34.5 Å². The number of amides is 1. The number of piperazine rings is 1. The van der Waals surface area contributed by atoms with Crippen LogP contribution in [0.5, 0.6) is 0 Å². The number of carbonyl (C=O) groups is 2. The summed E-state index contributed by atoms with van der Waals surface area (Å²) in [4.78, 5) is 25.0. The quantitative estimate of drug-likeness (QED) is 0.622. The Morgan fingerprint density at radius 3 is 2.41 bits per heavy atom. The molecular formula is C20H21F4N3O5S2. The second-order valence-corrected chi connectivity index (χ2v) is 11.0. The number of rotatable bonds is 3. The molecule has 2 saturated heterocycles. The number of carboxylic acid groups (broad SMARTS) is 1. The van der Waals surface area contributed by atoms with Crippen LogP contribution in [0, 0.1) is 5.82 Å². The maximum Gasteiger partial charge on any atom is 0.490 e. The summed E-state index contributed by atoms with van der Waals surface area (Å²) in [6, 6.07) is 9.29. The van der Waals surface area contributed by atoms with Gasteiger partial charge >= 0.3 is 12.1 Å². The predicted octanol–water partition coefficient (Wildman–Crippen LogP) is 2.63. The summed E-state index contributed by atoms with van der Waals surface area (Å²) in [6.45, 7) is 1.21. The molecule has 1 unspecified atom stereocenters. The van der Waals surface area contributed by atoms with Gasteiger partial charge in [0.1, 0.15) is 10.0 Å². The van der Waals surface area contributed by atoms with Crippen molar-refractivity contribution in [1.29, 1.82) is 0 Å². The molecule has 2 fully saturated rings. The van der Waals surface area contributed by atoms with Gasteiger partial charge in [0, 0.05) is 25.3 Å². The zero-order valence-electron chi connectivity index (χ0n) is 17.8. The number of benzene rings is 1. The molecule has 186 valence electrons. The molecule has 1 aromatic carbocycles. The van der Waals surface area contributed by atoms with Crippen molar-refractivity contribution >= 4 is 38.9 Å². The van der Waals surface area contributed by atoms with E-state index in [1.165, 1.54) is 27.8 Å². The van der Waals surface area contributed by atoms with Gasteiger partial charge in [-0.05, 0) is 43.1 Å². The van der Waals surface area contributed by atoms with Crippen LogP contribution in [0.1, 0.15) is 6.42 Å². The van der Waals surface area contributed by atoms with Crippen molar-refractivity contribution in [1.82, 2.24) is 9.21 Å². The van der Waals surface area contributed by atoms with Gasteiger partial charge in [-0.15, -0.1) is 11.3 Å². The largest absolute Gasteiger partial charge is 0.490 e. The number of alkyl halides is 3. The predicted molar refractivity (Wildman–Crippen MR) is 115 cm³/mol. The Morgan fingerprint density at radius 2 is 1.85 bits per heavy atom. The highest BCUT2D eigenvalue weighted by molar-refractivity contribution is 7.91. The minimum Gasteiger partial charge on any atom is -0.475 e. The zero-order valence-corrected chi connectivity index (χ0v) is 19.5. The lowest BCUT2D eigenvalue weighted by atomic mass is 9.92. The van der Waals surface area contributed by atoms with Crippen LogP contribution < -0.4 is 4.90 Å². The van der Waals surface area contributed by atoms with E-state index in [9.17, 15) is 30.8 Å². The van der Waals surface area contributed by atoms with E-state index in [1.807, 2.05) is 11.9 Å². The Morgan fingerprint density at radius 1 is 1.18 bits per heavy atom. The number of carboxylic acids is 1. The second-order valence-electron chi connectivity index (χ2n) is 7.86. The number of hydrogen-bond acceptors (Lipinski definition) is 6. The van der Waals surface area contributed by atoms with E-state index in [4.69, 9.17) is 9.90 Å². The minimum atomic E-state index is -5.08. The van der Waals surface area contributed by atoms with Gasteiger partial charge in [-0.1, -0.05) is 12.1 Å². The van der Waals surface area contributed by atoms with Gasteiger partial charge in [-0.3, -0.25) is 9.69 Å². The first-order valence-electron chi connectivity index (χ1n) is 9.87. The molecule has 0 radical (unpaired) electrons. The van der Waals surface area contributed by atoms with E-state index < -0.39 is 33.5 Å². The summed E-state index contributed by atoms with van der Waals surface area (Å²) in [7, 11) is -1.69. The van der Waals surface area contributed by atoms with Crippen molar-refractivity contribution in [3.8, 4) is 0 Å². The molecule has 1 N–H and O–H groups in total. The normalized spacial score (nSPS) is 22.0. The summed E-state index contributed by atoms with van der Waals surface area (Å²) in [5, 5.41) is 8.87. The molecule has 34 heavy (non-hydrogen) atoms. The Hall–Kier alpha value is -2.55. The number of thiophene rings is 1. The zero-order chi connectivity index (χ0) is 25.3. The maximum atomic E-state index is 13.6. The number of aliphatic carboxylic acids is 1. The number of sulfonamides is 1. The molecule has 1 amide bonds. The van der Waals surface area contributed by atoms with Crippen LogP contribution in [0.15, 0.2) is 46.0 Å². The molecule has 8 nitrogen and oxygen atoms in total. The van der Waals surface area contributed by atoms with E-state index in [0.29, 0.717) is 36.0 Å². The van der Waals surface area contributed by atoms with E-state index in [0.717, 1.165) is 0 Å². The molecular weight excluding hydrogens is 502 g/mol. The Labute approximate surface area is 197 Å². The Balaban J connectivity index is 0.000000406. The molecule has 0 bridgehead atoms. The molecule has 2 aliphatic heterocycles. The Kier molecular flexibility index (Phi) is 7.36. The van der Waals surface area contributed by atoms with E-state index in [2.05, 4.69) is 0 Å². The summed E-state index contributed by atoms with van der Waals surface area (Å²) >= 11 is 1.20. The average Bonchev–Trinajstić information content (AvgIpc) is 3.42. The number of anilines is 1. The van der Waals surface area contributed by atoms with Crippen LogP contribution in [0.3, 0.4) is 0 Å². The molecule has 3 heterocycles. The highest BCUT2D eigenvalue weighted by Gasteiger charge is 2.50. The first-order valence-corrected chi connectivity index (χ1v) is 12.2. The van der Waals surface area contributed by atoms with Crippen molar-refractivity contribution < 1.29 is 40.7 Å². The number of halogens is 4. The number of likely N-dealkylation sites (N-methyl/N-ethyl adjacent to an activating group) is 1. The SMILES string of the molecule is CN1CC(=O)N(c2cccc(F)c2)CC12CCN(S(=O)(=O)c1cccs1)C2.O=C(O)C(F)(F)F. The van der Waals surface area contributed by atoms with E-state index in [-0.39, 0.29) is 12.5 Å². The van der Waals surface area contributed by atoms with Crippen molar-refractivity contribution in [3.05, 3.63) is 47.6 Å². The highest BCUT2D eigenvalue weighted by atomic mass is 32.2. The fourth-order valence-corrected chi connectivity index (χ4v) is 6.51. The third-order valence-electron chi connectivity index (χ3n) is 5.68. The van der Waals surface area contributed by atoms with Crippen LogP contribution in [0.4, 0.5) is 23.2 Å². The number of carbonyl (C=O) groups excluding carboxylic acids is 1. The molecule has 1 atom stereocenters. The van der Waals surface area contributed by atoms with Crippen molar-refractivity contribution in [3.63, 3.8) is 0 Å². The third-order valence-corrected chi connectivity index (χ3v) is 8.90. The lowest BCUT2D eigenvalue weighted by Crippen LogP contribution is -2.64. The molecule has 4 rings (SSSR count). The molecule has 0 saturated carbocycles. The summed E-state index contributed by atoms with van der Waals surface area (Å²) < 4.78 is 72.9. The smallest absolute Gasteiger partial charge is 0.475 e. The topological polar surface area (TPSA) is 98.2 Å². The van der Waals surface area contributed by atoms with Crippen LogP contribution in [0.2, 0.25) is 0 Å². The third kappa shape index (κ3) is 5.40. The summed E-state index contributed by atoms with van der Waals surface area (Å²) in [5.74, 6) is -3.28. The van der Waals surface area contributed by atoms with Crippen LogP contribution in [0.25, 0.3) is 0 Å².